The van der Waals surface area contributed by atoms with Crippen LogP contribution in [0.3, 0.4) is 0 Å². The Labute approximate surface area is 112 Å². The first-order valence-corrected chi connectivity index (χ1v) is 6.04. The van der Waals surface area contributed by atoms with Crippen LogP contribution in [0.25, 0.3) is 11.3 Å². The monoisotopic (exact) mass is 256 g/mol. The molecule has 0 atom stereocenters. The van der Waals surface area contributed by atoms with Crippen LogP contribution >= 0.6 is 0 Å². The summed E-state index contributed by atoms with van der Waals surface area (Å²) in [5, 5.41) is 8.77. The lowest BCUT2D eigenvalue weighted by atomic mass is 9.86. The van der Waals surface area contributed by atoms with Gasteiger partial charge in [-0.25, -0.2) is 9.78 Å². The van der Waals surface area contributed by atoms with Crippen molar-refractivity contribution >= 4 is 5.97 Å². The Hall–Kier alpha value is -2.23. The molecule has 2 aromatic rings. The average molecular weight is 256 g/mol. The molecule has 0 radical (unpaired) electrons. The van der Waals surface area contributed by atoms with E-state index >= 15 is 0 Å². The highest BCUT2D eigenvalue weighted by Crippen LogP contribution is 2.24. The number of hydrogen-bond donors (Lipinski definition) is 1. The van der Waals surface area contributed by atoms with Crippen molar-refractivity contribution in [2.45, 2.75) is 26.2 Å². The summed E-state index contributed by atoms with van der Waals surface area (Å²) in [4.78, 5) is 18.7. The fourth-order valence-electron chi connectivity index (χ4n) is 1.73. The molecule has 98 valence electrons. The molecule has 0 unspecified atom stereocenters. The first-order chi connectivity index (χ1) is 8.88. The van der Waals surface area contributed by atoms with Crippen molar-refractivity contribution in [3.05, 3.63) is 47.9 Å². The molecule has 0 saturated carbocycles. The lowest BCUT2D eigenvalue weighted by Gasteiger charge is -2.19. The van der Waals surface area contributed by atoms with Gasteiger partial charge >= 0.3 is 5.97 Å². The maximum atomic E-state index is 10.7. The van der Waals surface area contributed by atoms with Crippen LogP contribution in [-0.4, -0.2) is 21.0 Å². The molecule has 0 spiro atoms. The Balaban J connectivity index is 2.30. The van der Waals surface area contributed by atoms with Gasteiger partial charge in [-0.2, -0.15) is 0 Å². The van der Waals surface area contributed by atoms with Crippen molar-refractivity contribution in [2.75, 3.05) is 0 Å². The van der Waals surface area contributed by atoms with Crippen LogP contribution in [0.15, 0.2) is 36.7 Å². The summed E-state index contributed by atoms with van der Waals surface area (Å²) in [6, 6.07) is 8.07. The molecule has 0 fully saturated rings. The zero-order chi connectivity index (χ0) is 14.0. The number of carboxylic acids is 1. The van der Waals surface area contributed by atoms with E-state index in [1.807, 2.05) is 12.1 Å². The van der Waals surface area contributed by atoms with Crippen LogP contribution in [0.2, 0.25) is 0 Å². The lowest BCUT2D eigenvalue weighted by molar-refractivity contribution is 0.0690. The number of aromatic nitrogens is 2. The Morgan fingerprint density at radius 3 is 2.11 bits per heavy atom. The normalized spacial score (nSPS) is 11.3. The van der Waals surface area contributed by atoms with E-state index in [1.165, 1.54) is 18.0 Å². The molecule has 4 heteroatoms. The number of nitrogens with zero attached hydrogens (tertiary/aromatic N) is 2. The number of carboxylic acid groups (broad SMARTS) is 1. The van der Waals surface area contributed by atoms with Crippen LogP contribution in [-0.2, 0) is 5.41 Å². The van der Waals surface area contributed by atoms with Crippen molar-refractivity contribution in [1.82, 2.24) is 9.97 Å². The average Bonchev–Trinajstić information content (AvgIpc) is 2.38. The number of benzene rings is 1. The van der Waals surface area contributed by atoms with Gasteiger partial charge < -0.3 is 5.11 Å². The number of hydrogen-bond acceptors (Lipinski definition) is 3. The SMILES string of the molecule is CC(C)(C)c1ccc(-c2cnc(C(=O)O)cn2)cc1. The second kappa shape index (κ2) is 4.80. The van der Waals surface area contributed by atoms with Crippen LogP contribution in [0.4, 0.5) is 0 Å². The molecular weight excluding hydrogens is 240 g/mol. The zero-order valence-electron chi connectivity index (χ0n) is 11.2. The van der Waals surface area contributed by atoms with E-state index in [0.29, 0.717) is 5.69 Å². The quantitative estimate of drug-likeness (QED) is 0.896. The minimum Gasteiger partial charge on any atom is -0.476 e. The molecule has 19 heavy (non-hydrogen) atoms. The van der Waals surface area contributed by atoms with E-state index in [0.717, 1.165) is 5.56 Å². The van der Waals surface area contributed by atoms with Gasteiger partial charge in [-0.05, 0) is 11.0 Å². The minimum atomic E-state index is -1.07. The lowest BCUT2D eigenvalue weighted by Crippen LogP contribution is -2.10. The topological polar surface area (TPSA) is 63.1 Å². The van der Waals surface area contributed by atoms with E-state index in [-0.39, 0.29) is 11.1 Å². The summed E-state index contributed by atoms with van der Waals surface area (Å²) >= 11 is 0. The standard InChI is InChI=1S/C15H16N2O2/c1-15(2,3)11-6-4-10(5-7-11)12-8-17-13(9-16-12)14(18)19/h4-9H,1-3H3,(H,18,19). The molecule has 0 amide bonds. The van der Waals surface area contributed by atoms with E-state index in [9.17, 15) is 4.79 Å². The molecule has 1 heterocycles. The van der Waals surface area contributed by atoms with Gasteiger partial charge in [0, 0.05) is 5.56 Å². The van der Waals surface area contributed by atoms with E-state index < -0.39 is 5.97 Å². The Bertz CT molecular complexity index is 581. The number of aromatic carboxylic acids is 1. The Kier molecular flexibility index (Phi) is 3.34. The van der Waals surface area contributed by atoms with Gasteiger partial charge in [0.25, 0.3) is 0 Å². The summed E-state index contributed by atoms with van der Waals surface area (Å²) in [5.41, 5.74) is 2.90. The van der Waals surface area contributed by atoms with Crippen molar-refractivity contribution in [3.63, 3.8) is 0 Å². The first kappa shape index (κ1) is 13.2. The van der Waals surface area contributed by atoms with Gasteiger partial charge in [0.15, 0.2) is 5.69 Å². The van der Waals surface area contributed by atoms with Crippen molar-refractivity contribution in [3.8, 4) is 11.3 Å². The third-order valence-electron chi connectivity index (χ3n) is 2.92. The van der Waals surface area contributed by atoms with Gasteiger partial charge in [0.1, 0.15) is 0 Å². The van der Waals surface area contributed by atoms with Gasteiger partial charge in [-0.15, -0.1) is 0 Å². The molecule has 0 bridgehead atoms. The molecule has 0 saturated heterocycles. The highest BCUT2D eigenvalue weighted by molar-refractivity contribution is 5.85. The fourth-order valence-corrected chi connectivity index (χ4v) is 1.73. The molecule has 0 aliphatic heterocycles. The molecule has 1 aromatic carbocycles. The van der Waals surface area contributed by atoms with Crippen molar-refractivity contribution in [2.24, 2.45) is 0 Å². The van der Waals surface area contributed by atoms with E-state index in [4.69, 9.17) is 5.11 Å². The Morgan fingerprint density at radius 2 is 1.68 bits per heavy atom. The van der Waals surface area contributed by atoms with Gasteiger partial charge in [0.05, 0.1) is 18.1 Å². The van der Waals surface area contributed by atoms with Gasteiger partial charge in [-0.3, -0.25) is 4.98 Å². The molecule has 1 N–H and O–H groups in total. The molecule has 1 aromatic heterocycles. The maximum Gasteiger partial charge on any atom is 0.356 e. The second-order valence-corrected chi connectivity index (χ2v) is 5.42. The third-order valence-corrected chi connectivity index (χ3v) is 2.92. The van der Waals surface area contributed by atoms with Crippen LogP contribution < -0.4 is 0 Å². The predicted octanol–water partition coefficient (Wildman–Crippen LogP) is 3.14. The molecule has 0 aliphatic rings. The summed E-state index contributed by atoms with van der Waals surface area (Å²) in [6.07, 6.45) is 2.75. The van der Waals surface area contributed by atoms with Crippen molar-refractivity contribution < 1.29 is 9.90 Å². The summed E-state index contributed by atoms with van der Waals surface area (Å²) in [7, 11) is 0. The second-order valence-electron chi connectivity index (χ2n) is 5.42. The number of rotatable bonds is 2. The molecular formula is C15H16N2O2. The molecule has 2 rings (SSSR count). The third kappa shape index (κ3) is 2.96. The highest BCUT2D eigenvalue weighted by atomic mass is 16.4. The minimum absolute atomic E-state index is 0.0462. The van der Waals surface area contributed by atoms with Gasteiger partial charge in [-0.1, -0.05) is 45.0 Å². The summed E-state index contributed by atoms with van der Waals surface area (Å²) < 4.78 is 0. The summed E-state index contributed by atoms with van der Waals surface area (Å²) in [6.45, 7) is 6.47. The smallest absolute Gasteiger partial charge is 0.356 e. The van der Waals surface area contributed by atoms with E-state index in [2.05, 4.69) is 42.9 Å². The predicted molar refractivity (Wildman–Crippen MR) is 73.1 cm³/mol. The first-order valence-electron chi connectivity index (χ1n) is 6.04. The largest absolute Gasteiger partial charge is 0.476 e. The highest BCUT2D eigenvalue weighted by Gasteiger charge is 2.13. The summed E-state index contributed by atoms with van der Waals surface area (Å²) in [5.74, 6) is -1.07. The molecule has 0 aliphatic carbocycles. The van der Waals surface area contributed by atoms with Crippen LogP contribution in [0, 0.1) is 0 Å². The van der Waals surface area contributed by atoms with Crippen LogP contribution in [0.1, 0.15) is 36.8 Å². The Morgan fingerprint density at radius 1 is 1.05 bits per heavy atom. The fraction of sp³-hybridized carbons (Fsp3) is 0.267. The van der Waals surface area contributed by atoms with Gasteiger partial charge in [0.2, 0.25) is 0 Å². The maximum absolute atomic E-state index is 10.7. The van der Waals surface area contributed by atoms with Crippen molar-refractivity contribution in [1.29, 1.82) is 0 Å². The zero-order valence-corrected chi connectivity index (χ0v) is 11.2. The number of carbonyl (C=O) groups is 1. The van der Waals surface area contributed by atoms with E-state index in [1.54, 1.807) is 0 Å². The molecule has 4 nitrogen and oxygen atoms in total. The van der Waals surface area contributed by atoms with Crippen LogP contribution in [0.5, 0.6) is 0 Å².